The Bertz CT molecular complexity index is 455. The monoisotopic (exact) mass is 329 g/mol. The first kappa shape index (κ1) is 18.9. The molecule has 0 saturated carbocycles. The zero-order chi connectivity index (χ0) is 15.1. The molecule has 1 saturated heterocycles. The molecule has 1 unspecified atom stereocenters. The fraction of sp³-hybridized carbons (Fsp3) is 0.562. The van der Waals surface area contributed by atoms with Gasteiger partial charge < -0.3 is 11.1 Å². The number of nitrogens with zero attached hydrogens (tertiary/aromatic N) is 1. The molecule has 0 radical (unpaired) electrons. The summed E-state index contributed by atoms with van der Waals surface area (Å²) in [5.41, 5.74) is 6.49. The normalized spacial score (nSPS) is 18.5. The molecule has 1 aliphatic heterocycles. The molecule has 1 aromatic carbocycles. The van der Waals surface area contributed by atoms with Gasteiger partial charge in [-0.05, 0) is 37.1 Å². The number of rotatable bonds is 6. The molecule has 6 heteroatoms. The molecule has 1 aromatic rings. The second-order valence-electron chi connectivity index (χ2n) is 5.59. The van der Waals surface area contributed by atoms with Crippen molar-refractivity contribution in [3.63, 3.8) is 0 Å². The Morgan fingerprint density at radius 1 is 1.32 bits per heavy atom. The number of amides is 1. The molecule has 1 amide bonds. The minimum absolute atomic E-state index is 0. The van der Waals surface area contributed by atoms with E-state index in [4.69, 9.17) is 5.73 Å². The Labute approximate surface area is 137 Å². The lowest BCUT2D eigenvalue weighted by molar-refractivity contribution is -0.121. The molecule has 2 rings (SSSR count). The Morgan fingerprint density at radius 2 is 2.05 bits per heavy atom. The molecule has 0 spiro atoms. The van der Waals surface area contributed by atoms with E-state index >= 15 is 0 Å². The van der Waals surface area contributed by atoms with E-state index in [2.05, 4.69) is 10.2 Å². The van der Waals surface area contributed by atoms with Gasteiger partial charge in [0.25, 0.3) is 0 Å². The first-order valence-electron chi connectivity index (χ1n) is 7.64. The zero-order valence-electron chi connectivity index (χ0n) is 12.8. The number of hydrogen-bond donors (Lipinski definition) is 2. The van der Waals surface area contributed by atoms with Gasteiger partial charge in [-0.25, -0.2) is 4.39 Å². The van der Waals surface area contributed by atoms with Gasteiger partial charge in [0.2, 0.25) is 5.91 Å². The predicted molar refractivity (Wildman–Crippen MR) is 88.4 cm³/mol. The second kappa shape index (κ2) is 9.77. The van der Waals surface area contributed by atoms with Gasteiger partial charge in [0, 0.05) is 32.1 Å². The van der Waals surface area contributed by atoms with E-state index in [0.29, 0.717) is 25.6 Å². The van der Waals surface area contributed by atoms with Crippen LogP contribution in [0.1, 0.15) is 31.2 Å². The van der Waals surface area contributed by atoms with Crippen LogP contribution in [0.25, 0.3) is 0 Å². The van der Waals surface area contributed by atoms with Crippen LogP contribution in [0.4, 0.5) is 4.39 Å². The maximum Gasteiger partial charge on any atom is 0.221 e. The second-order valence-corrected chi connectivity index (χ2v) is 5.59. The van der Waals surface area contributed by atoms with Crippen LogP contribution in [-0.2, 0) is 11.3 Å². The maximum atomic E-state index is 13.0. The van der Waals surface area contributed by atoms with E-state index in [0.717, 1.165) is 25.1 Å². The van der Waals surface area contributed by atoms with E-state index in [1.807, 2.05) is 12.1 Å². The third-order valence-corrected chi connectivity index (χ3v) is 3.95. The van der Waals surface area contributed by atoms with Crippen LogP contribution in [0.15, 0.2) is 24.3 Å². The molecule has 0 bridgehead atoms. The van der Waals surface area contributed by atoms with E-state index in [9.17, 15) is 9.18 Å². The highest BCUT2D eigenvalue weighted by atomic mass is 35.5. The molecule has 1 heterocycles. The lowest BCUT2D eigenvalue weighted by Gasteiger charge is -2.35. The van der Waals surface area contributed by atoms with Crippen molar-refractivity contribution in [3.05, 3.63) is 35.6 Å². The number of nitrogens with two attached hydrogens (primary N) is 1. The maximum absolute atomic E-state index is 13.0. The van der Waals surface area contributed by atoms with Crippen molar-refractivity contribution in [1.29, 1.82) is 0 Å². The number of benzene rings is 1. The van der Waals surface area contributed by atoms with Gasteiger partial charge >= 0.3 is 0 Å². The SMILES string of the molecule is Cl.NCCC(=O)NCC1CCCCN1Cc1ccc(F)cc1. The Kier molecular flexibility index (Phi) is 8.38. The fourth-order valence-electron chi connectivity index (χ4n) is 2.77. The summed E-state index contributed by atoms with van der Waals surface area (Å²) >= 11 is 0. The van der Waals surface area contributed by atoms with Crippen molar-refractivity contribution >= 4 is 18.3 Å². The number of carbonyl (C=O) groups excluding carboxylic acids is 1. The van der Waals surface area contributed by atoms with Crippen molar-refractivity contribution in [1.82, 2.24) is 10.2 Å². The Hall–Kier alpha value is -1.17. The van der Waals surface area contributed by atoms with Crippen LogP contribution < -0.4 is 11.1 Å². The highest BCUT2D eigenvalue weighted by molar-refractivity contribution is 5.85. The van der Waals surface area contributed by atoms with Gasteiger partial charge in [0.1, 0.15) is 5.82 Å². The number of hydrogen-bond acceptors (Lipinski definition) is 3. The van der Waals surface area contributed by atoms with Gasteiger partial charge in [-0.15, -0.1) is 12.4 Å². The van der Waals surface area contributed by atoms with Crippen molar-refractivity contribution in [3.8, 4) is 0 Å². The molecular formula is C16H25ClFN3O. The van der Waals surface area contributed by atoms with Gasteiger partial charge in [-0.2, -0.15) is 0 Å². The third kappa shape index (κ3) is 5.91. The molecule has 1 aliphatic rings. The summed E-state index contributed by atoms with van der Waals surface area (Å²) in [5, 5.41) is 2.96. The van der Waals surface area contributed by atoms with Gasteiger partial charge in [0.05, 0.1) is 0 Å². The molecule has 0 aliphatic carbocycles. The summed E-state index contributed by atoms with van der Waals surface area (Å²) in [6, 6.07) is 7.00. The summed E-state index contributed by atoms with van der Waals surface area (Å²) < 4.78 is 13.0. The molecule has 1 fully saturated rings. The van der Waals surface area contributed by atoms with Gasteiger partial charge in [0.15, 0.2) is 0 Å². The van der Waals surface area contributed by atoms with Crippen molar-refractivity contribution in [2.24, 2.45) is 5.73 Å². The third-order valence-electron chi connectivity index (χ3n) is 3.95. The summed E-state index contributed by atoms with van der Waals surface area (Å²) in [5.74, 6) is -0.187. The summed E-state index contributed by atoms with van der Waals surface area (Å²) in [4.78, 5) is 13.9. The van der Waals surface area contributed by atoms with E-state index < -0.39 is 0 Å². The largest absolute Gasteiger partial charge is 0.354 e. The minimum Gasteiger partial charge on any atom is -0.354 e. The molecule has 22 heavy (non-hydrogen) atoms. The minimum atomic E-state index is -0.206. The molecule has 3 N–H and O–H groups in total. The van der Waals surface area contributed by atoms with E-state index in [1.165, 1.54) is 25.0 Å². The van der Waals surface area contributed by atoms with E-state index in [-0.39, 0.29) is 24.1 Å². The van der Waals surface area contributed by atoms with Crippen molar-refractivity contribution in [2.75, 3.05) is 19.6 Å². The molecular weight excluding hydrogens is 305 g/mol. The average Bonchev–Trinajstić information content (AvgIpc) is 2.49. The average molecular weight is 330 g/mol. The highest BCUT2D eigenvalue weighted by Gasteiger charge is 2.22. The van der Waals surface area contributed by atoms with Crippen molar-refractivity contribution < 1.29 is 9.18 Å². The zero-order valence-corrected chi connectivity index (χ0v) is 13.6. The quantitative estimate of drug-likeness (QED) is 0.840. The predicted octanol–water partition coefficient (Wildman–Crippen LogP) is 2.07. The summed E-state index contributed by atoms with van der Waals surface area (Å²) in [6.07, 6.45) is 3.83. The molecule has 0 aromatic heterocycles. The van der Waals surface area contributed by atoms with Crippen LogP contribution in [-0.4, -0.2) is 36.5 Å². The smallest absolute Gasteiger partial charge is 0.221 e. The molecule has 4 nitrogen and oxygen atoms in total. The number of carbonyl (C=O) groups is 1. The van der Waals surface area contributed by atoms with Crippen LogP contribution in [0.3, 0.4) is 0 Å². The van der Waals surface area contributed by atoms with Crippen LogP contribution >= 0.6 is 12.4 Å². The summed E-state index contributed by atoms with van der Waals surface area (Å²) in [7, 11) is 0. The fourth-order valence-corrected chi connectivity index (χ4v) is 2.77. The molecule has 1 atom stereocenters. The topological polar surface area (TPSA) is 58.4 Å². The van der Waals surface area contributed by atoms with Crippen LogP contribution in [0, 0.1) is 5.82 Å². The number of piperidine rings is 1. The summed E-state index contributed by atoms with van der Waals surface area (Å²) in [6.45, 7) is 2.88. The number of likely N-dealkylation sites (tertiary alicyclic amines) is 1. The molecule has 124 valence electrons. The van der Waals surface area contributed by atoms with Crippen LogP contribution in [0.5, 0.6) is 0 Å². The van der Waals surface area contributed by atoms with Crippen molar-refractivity contribution in [2.45, 2.75) is 38.3 Å². The Balaban J connectivity index is 0.00000242. The lowest BCUT2D eigenvalue weighted by atomic mass is 10.0. The number of nitrogens with one attached hydrogen (secondary N) is 1. The first-order valence-corrected chi connectivity index (χ1v) is 7.64. The van der Waals surface area contributed by atoms with Crippen LogP contribution in [0.2, 0.25) is 0 Å². The first-order chi connectivity index (χ1) is 10.2. The van der Waals surface area contributed by atoms with Gasteiger partial charge in [-0.1, -0.05) is 18.6 Å². The van der Waals surface area contributed by atoms with E-state index in [1.54, 1.807) is 0 Å². The van der Waals surface area contributed by atoms with Gasteiger partial charge in [-0.3, -0.25) is 9.69 Å². The highest BCUT2D eigenvalue weighted by Crippen LogP contribution is 2.19. The lowest BCUT2D eigenvalue weighted by Crippen LogP contribution is -2.46. The Morgan fingerprint density at radius 3 is 2.73 bits per heavy atom. The number of halogens is 2. The standard InChI is InChI=1S/C16H24FN3O.ClH/c17-14-6-4-13(5-7-14)12-20-10-2-1-3-15(20)11-19-16(21)8-9-18;/h4-7,15H,1-3,8-12,18H2,(H,19,21);1H.